The summed E-state index contributed by atoms with van der Waals surface area (Å²) in [5.41, 5.74) is 0.865. The summed E-state index contributed by atoms with van der Waals surface area (Å²) < 4.78 is 26.6. The molecule has 1 aliphatic rings. The molecular weight excluding hydrogens is 495 g/mol. The first kappa shape index (κ1) is 25.3. The molecule has 32 heavy (non-hydrogen) atoms. The summed E-state index contributed by atoms with van der Waals surface area (Å²) >= 11 is 18.6. The average molecular weight is 522 g/mol. The summed E-state index contributed by atoms with van der Waals surface area (Å²) in [6.07, 6.45) is 1.54. The zero-order valence-corrected chi connectivity index (χ0v) is 21.3. The minimum Gasteiger partial charge on any atom is -0.362 e. The number of benzene rings is 1. The zero-order valence-electron chi connectivity index (χ0n) is 18.2. The number of halogens is 3. The fourth-order valence-corrected chi connectivity index (χ4v) is 5.63. The summed E-state index contributed by atoms with van der Waals surface area (Å²) in [6.45, 7) is 4.22. The molecule has 2 heterocycles. The van der Waals surface area contributed by atoms with Crippen molar-refractivity contribution in [1.29, 1.82) is 0 Å². The van der Waals surface area contributed by atoms with Crippen LogP contribution in [-0.2, 0) is 10.0 Å². The maximum absolute atomic E-state index is 12.5. The van der Waals surface area contributed by atoms with Crippen molar-refractivity contribution in [2.45, 2.75) is 13.0 Å². The molecule has 1 fully saturated rings. The van der Waals surface area contributed by atoms with Gasteiger partial charge in [0, 0.05) is 42.8 Å². The highest BCUT2D eigenvalue weighted by Crippen LogP contribution is 2.30. The van der Waals surface area contributed by atoms with E-state index >= 15 is 0 Å². The maximum atomic E-state index is 12.5. The quantitative estimate of drug-likeness (QED) is 0.568. The van der Waals surface area contributed by atoms with Gasteiger partial charge in [0.25, 0.3) is 0 Å². The van der Waals surface area contributed by atoms with Gasteiger partial charge < -0.3 is 15.1 Å². The lowest BCUT2D eigenvalue weighted by Crippen LogP contribution is -2.50. The molecule has 0 saturated carbocycles. The van der Waals surface area contributed by atoms with Crippen LogP contribution in [0.5, 0.6) is 0 Å². The van der Waals surface area contributed by atoms with Crippen molar-refractivity contribution in [1.82, 2.24) is 19.2 Å². The topological polar surface area (TPSA) is 81.7 Å². The third-order valence-electron chi connectivity index (χ3n) is 5.22. The van der Waals surface area contributed by atoms with Gasteiger partial charge in [0.15, 0.2) is 5.82 Å². The second-order valence-corrected chi connectivity index (χ2v) is 11.2. The van der Waals surface area contributed by atoms with Crippen LogP contribution in [0, 0.1) is 0 Å². The summed E-state index contributed by atoms with van der Waals surface area (Å²) in [5, 5.41) is 4.78. The van der Waals surface area contributed by atoms with Crippen LogP contribution in [0.1, 0.15) is 18.5 Å². The number of nitrogens with one attached hydrogen (secondary N) is 1. The molecule has 0 aliphatic carbocycles. The fraction of sp³-hybridized carbons (Fsp3) is 0.500. The van der Waals surface area contributed by atoms with E-state index in [1.165, 1.54) is 4.31 Å². The lowest BCUT2D eigenvalue weighted by molar-refractivity contribution is 0.373. The van der Waals surface area contributed by atoms with Crippen LogP contribution >= 0.6 is 34.8 Å². The van der Waals surface area contributed by atoms with Gasteiger partial charge in [-0.1, -0.05) is 40.9 Å². The van der Waals surface area contributed by atoms with Crippen LogP contribution in [0.4, 0.5) is 11.8 Å². The van der Waals surface area contributed by atoms with E-state index in [0.717, 1.165) is 5.56 Å². The van der Waals surface area contributed by atoms with Crippen LogP contribution < -0.4 is 10.2 Å². The molecule has 0 amide bonds. The van der Waals surface area contributed by atoms with Crippen molar-refractivity contribution in [2.75, 3.05) is 62.8 Å². The Hall–Kier alpha value is -1.36. The standard InChI is InChI=1S/C20H27Cl3N6O2S/c1-14(16-5-4-15(21)12-17(16)22)25-19-18(23)13-24-20(26-19)28-6-8-29(9-7-28)32(30,31)11-10-27(2)3/h4-5,12-14H,6-11H2,1-3H3,(H,24,25,26)/t14-/m1/s1. The number of rotatable bonds is 8. The Morgan fingerprint density at radius 1 is 1.12 bits per heavy atom. The van der Waals surface area contributed by atoms with Crippen LogP contribution in [0.15, 0.2) is 24.4 Å². The molecule has 12 heteroatoms. The van der Waals surface area contributed by atoms with Gasteiger partial charge in [0.05, 0.1) is 18.0 Å². The summed E-state index contributed by atoms with van der Waals surface area (Å²) in [4.78, 5) is 12.7. The van der Waals surface area contributed by atoms with Gasteiger partial charge in [-0.2, -0.15) is 9.29 Å². The van der Waals surface area contributed by atoms with Crippen molar-refractivity contribution in [2.24, 2.45) is 0 Å². The van der Waals surface area contributed by atoms with E-state index < -0.39 is 10.0 Å². The van der Waals surface area contributed by atoms with Crippen LogP contribution in [0.3, 0.4) is 0 Å². The molecule has 1 saturated heterocycles. The average Bonchev–Trinajstić information content (AvgIpc) is 2.74. The molecule has 1 aromatic heterocycles. The molecule has 0 unspecified atom stereocenters. The molecule has 8 nitrogen and oxygen atoms in total. The van der Waals surface area contributed by atoms with Crippen molar-refractivity contribution in [3.05, 3.63) is 45.0 Å². The number of hydrogen-bond acceptors (Lipinski definition) is 7. The van der Waals surface area contributed by atoms with Gasteiger partial charge >= 0.3 is 0 Å². The maximum Gasteiger partial charge on any atom is 0.227 e. The number of aromatic nitrogens is 2. The molecular formula is C20H27Cl3N6O2S. The fourth-order valence-electron chi connectivity index (χ4n) is 3.34. The van der Waals surface area contributed by atoms with Crippen LogP contribution in [-0.4, -0.2) is 80.2 Å². The monoisotopic (exact) mass is 520 g/mol. The summed E-state index contributed by atoms with van der Waals surface area (Å²) in [6, 6.07) is 5.16. The van der Waals surface area contributed by atoms with Crippen molar-refractivity contribution >= 4 is 56.6 Å². The molecule has 1 aliphatic heterocycles. The van der Waals surface area contributed by atoms with E-state index in [1.54, 1.807) is 18.3 Å². The van der Waals surface area contributed by atoms with E-state index in [9.17, 15) is 8.42 Å². The van der Waals surface area contributed by atoms with E-state index in [-0.39, 0.29) is 11.8 Å². The Kier molecular flexibility index (Phi) is 8.46. The first-order chi connectivity index (χ1) is 15.1. The Balaban J connectivity index is 1.67. The third-order valence-corrected chi connectivity index (χ3v) is 7.91. The van der Waals surface area contributed by atoms with Crippen LogP contribution in [0.2, 0.25) is 15.1 Å². The minimum atomic E-state index is -3.28. The first-order valence-corrected chi connectivity index (χ1v) is 12.9. The predicted octanol–water partition coefficient (Wildman–Crippen LogP) is 3.62. The Morgan fingerprint density at radius 2 is 1.81 bits per heavy atom. The van der Waals surface area contributed by atoms with Gasteiger partial charge in [0.2, 0.25) is 16.0 Å². The van der Waals surface area contributed by atoms with E-state index in [2.05, 4.69) is 15.3 Å². The molecule has 1 aromatic carbocycles. The van der Waals surface area contributed by atoms with E-state index in [4.69, 9.17) is 34.8 Å². The molecule has 0 bridgehead atoms. The van der Waals surface area contributed by atoms with Gasteiger partial charge in [0.1, 0.15) is 5.02 Å². The Labute approximate surface area is 204 Å². The van der Waals surface area contributed by atoms with Gasteiger partial charge in [-0.05, 0) is 38.7 Å². The van der Waals surface area contributed by atoms with Crippen molar-refractivity contribution in [3.63, 3.8) is 0 Å². The summed E-state index contributed by atoms with van der Waals surface area (Å²) in [5.74, 6) is 1.09. The molecule has 0 spiro atoms. The van der Waals surface area contributed by atoms with Gasteiger partial charge in [-0.3, -0.25) is 0 Å². The first-order valence-electron chi connectivity index (χ1n) is 10.2. The van der Waals surface area contributed by atoms with Gasteiger partial charge in [-0.15, -0.1) is 0 Å². The van der Waals surface area contributed by atoms with Gasteiger partial charge in [-0.25, -0.2) is 13.4 Å². The Morgan fingerprint density at radius 3 is 2.44 bits per heavy atom. The predicted molar refractivity (Wildman–Crippen MR) is 132 cm³/mol. The lowest BCUT2D eigenvalue weighted by atomic mass is 10.1. The number of sulfonamides is 1. The molecule has 2 aromatic rings. The molecule has 1 atom stereocenters. The summed E-state index contributed by atoms with van der Waals surface area (Å²) in [7, 11) is 0.436. The Bertz CT molecular complexity index is 1050. The minimum absolute atomic E-state index is 0.108. The number of nitrogens with zero attached hydrogens (tertiary/aromatic N) is 5. The highest BCUT2D eigenvalue weighted by Gasteiger charge is 2.28. The molecule has 1 N–H and O–H groups in total. The number of piperazine rings is 1. The van der Waals surface area contributed by atoms with Crippen molar-refractivity contribution in [3.8, 4) is 0 Å². The highest BCUT2D eigenvalue weighted by atomic mass is 35.5. The zero-order chi connectivity index (χ0) is 23.5. The van der Waals surface area contributed by atoms with Crippen LogP contribution in [0.25, 0.3) is 0 Å². The smallest absolute Gasteiger partial charge is 0.227 e. The number of hydrogen-bond donors (Lipinski definition) is 1. The number of anilines is 2. The van der Waals surface area contributed by atoms with E-state index in [0.29, 0.717) is 59.6 Å². The second kappa shape index (κ2) is 10.7. The molecule has 176 valence electrons. The SMILES string of the molecule is C[C@@H](Nc1nc(N2CCN(S(=O)(=O)CCN(C)C)CC2)ncc1Cl)c1ccc(Cl)cc1Cl. The largest absolute Gasteiger partial charge is 0.362 e. The highest BCUT2D eigenvalue weighted by molar-refractivity contribution is 7.89. The van der Waals surface area contributed by atoms with E-state index in [1.807, 2.05) is 36.9 Å². The lowest BCUT2D eigenvalue weighted by Gasteiger charge is -2.34. The molecule has 3 rings (SSSR count). The van der Waals surface area contributed by atoms with Crippen molar-refractivity contribution < 1.29 is 8.42 Å². The normalized spacial score (nSPS) is 16.4. The second-order valence-electron chi connectivity index (χ2n) is 7.90. The third kappa shape index (κ3) is 6.36. The molecule has 0 radical (unpaired) electrons.